The van der Waals surface area contributed by atoms with Crippen LogP contribution in [0.4, 0.5) is 4.39 Å². The fourth-order valence-corrected chi connectivity index (χ4v) is 5.71. The molecule has 1 aliphatic rings. The van der Waals surface area contributed by atoms with Gasteiger partial charge in [-0.15, -0.1) is 11.3 Å². The third-order valence-corrected chi connectivity index (χ3v) is 7.77. The lowest BCUT2D eigenvalue weighted by Gasteiger charge is -2.35. The molecule has 0 bridgehead atoms. The molecule has 29 heavy (non-hydrogen) atoms. The Kier molecular flexibility index (Phi) is 5.83. The lowest BCUT2D eigenvalue weighted by atomic mass is 9.98. The number of rotatable bonds is 6. The second-order valence-electron chi connectivity index (χ2n) is 7.28. The number of nitrogens with zero attached hydrogens (tertiary/aromatic N) is 1. The number of fused-ring (bicyclic) bond motifs is 1. The molecule has 1 N–H and O–H groups in total. The highest BCUT2D eigenvalue weighted by molar-refractivity contribution is 7.89. The summed E-state index contributed by atoms with van der Waals surface area (Å²) in [4.78, 5) is 3.54. The topological polar surface area (TPSA) is 49.4 Å². The van der Waals surface area contributed by atoms with Crippen molar-refractivity contribution in [1.29, 1.82) is 0 Å². The lowest BCUT2D eigenvalue weighted by Crippen LogP contribution is -2.40. The van der Waals surface area contributed by atoms with Gasteiger partial charge in [-0.25, -0.2) is 17.5 Å². The summed E-state index contributed by atoms with van der Waals surface area (Å²) >= 11 is 1.63. The predicted octanol–water partition coefficient (Wildman–Crippen LogP) is 4.27. The average Bonchev–Trinajstić information content (AvgIpc) is 3.24. The van der Waals surface area contributed by atoms with Crippen molar-refractivity contribution in [2.24, 2.45) is 0 Å². The number of aryl methyl sites for hydroxylation is 1. The fraction of sp³-hybridized carbons (Fsp3) is 0.273. The minimum Gasteiger partial charge on any atom is -0.290 e. The molecule has 0 amide bonds. The van der Waals surface area contributed by atoms with Crippen LogP contribution >= 0.6 is 11.3 Å². The van der Waals surface area contributed by atoms with Crippen molar-refractivity contribution in [3.8, 4) is 0 Å². The van der Waals surface area contributed by atoms with Crippen LogP contribution < -0.4 is 4.72 Å². The maximum absolute atomic E-state index is 13.5. The highest BCUT2D eigenvalue weighted by Crippen LogP contribution is 2.30. The van der Waals surface area contributed by atoms with Crippen molar-refractivity contribution in [3.05, 3.63) is 87.4 Å². The zero-order valence-electron chi connectivity index (χ0n) is 16.1. The molecule has 1 aliphatic heterocycles. The summed E-state index contributed by atoms with van der Waals surface area (Å²) in [5.74, 6) is -0.410. The Balaban J connectivity index is 1.55. The molecule has 2 aromatic carbocycles. The first-order valence-electron chi connectivity index (χ1n) is 9.54. The average molecular weight is 431 g/mol. The van der Waals surface area contributed by atoms with Crippen LogP contribution in [-0.2, 0) is 23.0 Å². The van der Waals surface area contributed by atoms with Gasteiger partial charge in [0.1, 0.15) is 5.82 Å². The molecular formula is C22H23FN2O2S2. The maximum Gasteiger partial charge on any atom is 0.240 e. The van der Waals surface area contributed by atoms with E-state index in [-0.39, 0.29) is 17.5 Å². The Morgan fingerprint density at radius 3 is 2.66 bits per heavy atom. The number of sulfonamides is 1. The second-order valence-corrected chi connectivity index (χ2v) is 10.0. The minimum absolute atomic E-state index is 0.0559. The molecular weight excluding hydrogens is 407 g/mol. The number of hydrogen-bond donors (Lipinski definition) is 1. The van der Waals surface area contributed by atoms with Gasteiger partial charge < -0.3 is 0 Å². The van der Waals surface area contributed by atoms with E-state index in [1.165, 1.54) is 29.3 Å². The molecule has 0 unspecified atom stereocenters. The second kappa shape index (κ2) is 8.36. The Morgan fingerprint density at radius 1 is 1.14 bits per heavy atom. The van der Waals surface area contributed by atoms with Crippen molar-refractivity contribution in [2.75, 3.05) is 13.1 Å². The zero-order chi connectivity index (χ0) is 20.4. The van der Waals surface area contributed by atoms with Gasteiger partial charge >= 0.3 is 0 Å². The summed E-state index contributed by atoms with van der Waals surface area (Å²) in [6, 6.07) is 16.3. The normalized spacial score (nSPS) is 15.8. The quantitative estimate of drug-likeness (QED) is 0.635. The first kappa shape index (κ1) is 20.2. The zero-order valence-corrected chi connectivity index (χ0v) is 17.8. The van der Waals surface area contributed by atoms with Crippen LogP contribution in [0.25, 0.3) is 0 Å². The molecule has 0 saturated heterocycles. The summed E-state index contributed by atoms with van der Waals surface area (Å²) in [7, 11) is -3.72. The first-order chi connectivity index (χ1) is 13.9. The monoisotopic (exact) mass is 430 g/mol. The van der Waals surface area contributed by atoms with Crippen molar-refractivity contribution in [2.45, 2.75) is 30.8 Å². The molecule has 0 spiro atoms. The number of benzene rings is 2. The van der Waals surface area contributed by atoms with Crippen LogP contribution in [0.3, 0.4) is 0 Å². The van der Waals surface area contributed by atoms with E-state index in [2.05, 4.69) is 27.8 Å². The van der Waals surface area contributed by atoms with Crippen LogP contribution in [0.1, 0.15) is 27.6 Å². The van der Waals surface area contributed by atoms with E-state index in [1.54, 1.807) is 18.3 Å². The molecule has 0 radical (unpaired) electrons. The fourth-order valence-electron chi connectivity index (χ4n) is 3.73. The van der Waals surface area contributed by atoms with E-state index in [0.29, 0.717) is 5.56 Å². The summed E-state index contributed by atoms with van der Waals surface area (Å²) in [5.41, 5.74) is 2.96. The summed E-state index contributed by atoms with van der Waals surface area (Å²) < 4.78 is 41.9. The van der Waals surface area contributed by atoms with Gasteiger partial charge in [-0.1, -0.05) is 30.3 Å². The van der Waals surface area contributed by atoms with Gasteiger partial charge in [-0.2, -0.15) is 0 Å². The van der Waals surface area contributed by atoms with Gasteiger partial charge in [0.2, 0.25) is 10.0 Å². The SMILES string of the molecule is Cc1cc(S(=O)(=O)NC[C@H](c2cccs2)N2CCc3ccccc3C2)ccc1F. The molecule has 3 aromatic rings. The largest absolute Gasteiger partial charge is 0.290 e. The smallest absolute Gasteiger partial charge is 0.240 e. The Labute approximate surface area is 175 Å². The van der Waals surface area contributed by atoms with Gasteiger partial charge in [0.05, 0.1) is 10.9 Å². The van der Waals surface area contributed by atoms with Crippen LogP contribution in [0.2, 0.25) is 0 Å². The van der Waals surface area contributed by atoms with Crippen molar-refractivity contribution in [3.63, 3.8) is 0 Å². The van der Waals surface area contributed by atoms with Gasteiger partial charge in [0.25, 0.3) is 0 Å². The lowest BCUT2D eigenvalue weighted by molar-refractivity contribution is 0.183. The van der Waals surface area contributed by atoms with Gasteiger partial charge in [0, 0.05) is 24.5 Å². The number of thiophene rings is 1. The molecule has 1 atom stereocenters. The molecule has 7 heteroatoms. The highest BCUT2D eigenvalue weighted by Gasteiger charge is 2.27. The van der Waals surface area contributed by atoms with Crippen LogP contribution in [0.5, 0.6) is 0 Å². The molecule has 0 aliphatic carbocycles. The van der Waals surface area contributed by atoms with E-state index < -0.39 is 15.8 Å². The van der Waals surface area contributed by atoms with E-state index in [9.17, 15) is 12.8 Å². The van der Waals surface area contributed by atoms with Gasteiger partial charge in [0.15, 0.2) is 0 Å². The van der Waals surface area contributed by atoms with Crippen LogP contribution in [0.15, 0.2) is 64.9 Å². The van der Waals surface area contributed by atoms with Crippen LogP contribution in [-0.4, -0.2) is 26.4 Å². The molecule has 152 valence electrons. The Morgan fingerprint density at radius 2 is 1.93 bits per heavy atom. The number of nitrogens with one attached hydrogen (secondary N) is 1. The van der Waals surface area contributed by atoms with E-state index in [0.717, 1.165) is 24.4 Å². The third kappa shape index (κ3) is 4.43. The maximum atomic E-state index is 13.5. The van der Waals surface area contributed by atoms with Gasteiger partial charge in [-0.05, 0) is 59.7 Å². The molecule has 4 nitrogen and oxygen atoms in total. The predicted molar refractivity (Wildman–Crippen MR) is 114 cm³/mol. The highest BCUT2D eigenvalue weighted by atomic mass is 32.2. The molecule has 1 aromatic heterocycles. The molecule has 2 heterocycles. The van der Waals surface area contributed by atoms with Crippen molar-refractivity contribution in [1.82, 2.24) is 9.62 Å². The Bertz CT molecular complexity index is 1100. The van der Waals surface area contributed by atoms with Crippen molar-refractivity contribution >= 4 is 21.4 Å². The number of hydrogen-bond acceptors (Lipinski definition) is 4. The standard InChI is InChI=1S/C22H23FN2O2S2/c1-16-13-19(8-9-20(16)23)29(26,27)24-14-21(22-7-4-12-28-22)25-11-10-17-5-2-3-6-18(17)15-25/h2-9,12-13,21,24H,10-11,14-15H2,1H3/t21-/m1/s1. The molecule has 0 fully saturated rings. The van der Waals surface area contributed by atoms with Crippen molar-refractivity contribution < 1.29 is 12.8 Å². The van der Waals surface area contributed by atoms with Gasteiger partial charge in [-0.3, -0.25) is 4.90 Å². The summed E-state index contributed by atoms with van der Waals surface area (Å²) in [6.45, 7) is 3.49. The van der Waals surface area contributed by atoms with E-state index in [1.807, 2.05) is 23.6 Å². The van der Waals surface area contributed by atoms with Crippen LogP contribution in [0, 0.1) is 12.7 Å². The summed E-state index contributed by atoms with van der Waals surface area (Å²) in [5, 5.41) is 2.01. The molecule has 4 rings (SSSR count). The first-order valence-corrected chi connectivity index (χ1v) is 11.9. The molecule has 0 saturated carbocycles. The van der Waals surface area contributed by atoms with E-state index in [4.69, 9.17) is 0 Å². The van der Waals surface area contributed by atoms with E-state index >= 15 is 0 Å². The minimum atomic E-state index is -3.72. The summed E-state index contributed by atoms with van der Waals surface area (Å²) in [6.07, 6.45) is 0.946. The number of halogens is 1. The third-order valence-electron chi connectivity index (χ3n) is 5.38. The Hall–Kier alpha value is -2.06.